The largest absolute Gasteiger partial charge is 0.497 e. The number of benzene rings is 1. The van der Waals surface area contributed by atoms with Crippen LogP contribution in [0, 0.1) is 0 Å². The van der Waals surface area contributed by atoms with E-state index in [1.54, 1.807) is 7.11 Å². The van der Waals surface area contributed by atoms with Crippen LogP contribution in [0.15, 0.2) is 18.2 Å². The van der Waals surface area contributed by atoms with Crippen molar-refractivity contribution in [2.24, 2.45) is 0 Å². The minimum Gasteiger partial charge on any atom is -0.497 e. The van der Waals surface area contributed by atoms with E-state index in [2.05, 4.69) is 15.6 Å². The average Bonchev–Trinajstić information content (AvgIpc) is 2.66. The number of methoxy groups -OCH3 is 1. The SMILES string of the molecule is COc1ccc2c(c1)nc1n2CCOC1. The first-order valence-corrected chi connectivity index (χ1v) is 4.99. The van der Waals surface area contributed by atoms with Crippen molar-refractivity contribution in [2.75, 3.05) is 13.7 Å². The normalized spacial score (nSPS) is 15.3. The van der Waals surface area contributed by atoms with Crippen molar-refractivity contribution in [2.45, 2.75) is 13.2 Å². The van der Waals surface area contributed by atoms with Crippen LogP contribution < -0.4 is 4.74 Å². The fourth-order valence-corrected chi connectivity index (χ4v) is 1.97. The van der Waals surface area contributed by atoms with Crippen LogP contribution in [0.25, 0.3) is 11.0 Å². The van der Waals surface area contributed by atoms with Crippen molar-refractivity contribution in [3.05, 3.63) is 24.0 Å². The molecule has 0 saturated carbocycles. The molecule has 0 amide bonds. The average molecular weight is 204 g/mol. The standard InChI is InChI=1S/C11H12N2O2/c1-14-8-2-3-10-9(6-8)12-11-7-15-5-4-13(10)11/h2-3,6H,4-5,7H2,1H3. The molecule has 1 aliphatic heterocycles. The quantitative estimate of drug-likeness (QED) is 0.707. The number of hydrogen-bond acceptors (Lipinski definition) is 3. The van der Waals surface area contributed by atoms with Gasteiger partial charge < -0.3 is 14.0 Å². The molecule has 4 heteroatoms. The molecule has 1 aromatic heterocycles. The number of fused-ring (bicyclic) bond motifs is 3. The molecule has 0 bridgehead atoms. The van der Waals surface area contributed by atoms with Crippen molar-refractivity contribution in [1.82, 2.24) is 9.55 Å². The highest BCUT2D eigenvalue weighted by atomic mass is 16.5. The van der Waals surface area contributed by atoms with Crippen molar-refractivity contribution in [3.8, 4) is 5.75 Å². The Bertz CT molecular complexity index is 505. The fraction of sp³-hybridized carbons (Fsp3) is 0.364. The van der Waals surface area contributed by atoms with Gasteiger partial charge in [-0.25, -0.2) is 4.98 Å². The van der Waals surface area contributed by atoms with Crippen molar-refractivity contribution in [1.29, 1.82) is 0 Å². The van der Waals surface area contributed by atoms with Gasteiger partial charge in [0.25, 0.3) is 0 Å². The Morgan fingerprint density at radius 3 is 3.27 bits per heavy atom. The lowest BCUT2D eigenvalue weighted by atomic mass is 10.3. The van der Waals surface area contributed by atoms with E-state index in [0.717, 1.165) is 35.8 Å². The second-order valence-electron chi connectivity index (χ2n) is 3.59. The Kier molecular flexibility index (Phi) is 1.89. The molecule has 0 radical (unpaired) electrons. The van der Waals surface area contributed by atoms with E-state index < -0.39 is 0 Å². The molecule has 0 aliphatic carbocycles. The van der Waals surface area contributed by atoms with Crippen LogP contribution in [-0.4, -0.2) is 23.3 Å². The van der Waals surface area contributed by atoms with Gasteiger partial charge in [0.1, 0.15) is 18.2 Å². The number of ether oxygens (including phenoxy) is 2. The van der Waals surface area contributed by atoms with Gasteiger partial charge in [-0.15, -0.1) is 0 Å². The zero-order valence-corrected chi connectivity index (χ0v) is 8.56. The summed E-state index contributed by atoms with van der Waals surface area (Å²) >= 11 is 0. The second kappa shape index (κ2) is 3.24. The molecule has 0 N–H and O–H groups in total. The molecule has 0 atom stereocenters. The first-order valence-electron chi connectivity index (χ1n) is 4.99. The Hall–Kier alpha value is -1.55. The summed E-state index contributed by atoms with van der Waals surface area (Å²) in [6.07, 6.45) is 0. The Balaban J connectivity index is 2.22. The van der Waals surface area contributed by atoms with Crippen LogP contribution in [0.1, 0.15) is 5.82 Å². The third-order valence-electron chi connectivity index (χ3n) is 2.72. The molecule has 0 unspecified atom stereocenters. The third-order valence-corrected chi connectivity index (χ3v) is 2.72. The molecule has 15 heavy (non-hydrogen) atoms. The van der Waals surface area contributed by atoms with Gasteiger partial charge in [0.15, 0.2) is 0 Å². The van der Waals surface area contributed by atoms with Crippen molar-refractivity contribution >= 4 is 11.0 Å². The van der Waals surface area contributed by atoms with E-state index in [0.29, 0.717) is 6.61 Å². The van der Waals surface area contributed by atoms with E-state index >= 15 is 0 Å². The lowest BCUT2D eigenvalue weighted by molar-refractivity contribution is 0.0830. The Morgan fingerprint density at radius 1 is 1.47 bits per heavy atom. The zero-order valence-electron chi connectivity index (χ0n) is 8.56. The van der Waals surface area contributed by atoms with Crippen LogP contribution in [0.4, 0.5) is 0 Å². The highest BCUT2D eigenvalue weighted by Crippen LogP contribution is 2.23. The van der Waals surface area contributed by atoms with E-state index in [1.807, 2.05) is 12.1 Å². The molecule has 2 aromatic rings. The molecule has 3 rings (SSSR count). The molecule has 0 spiro atoms. The maximum absolute atomic E-state index is 5.37. The van der Waals surface area contributed by atoms with Gasteiger partial charge in [0.2, 0.25) is 0 Å². The van der Waals surface area contributed by atoms with Crippen LogP contribution in [0.3, 0.4) is 0 Å². The number of nitrogens with zero attached hydrogens (tertiary/aromatic N) is 2. The third kappa shape index (κ3) is 1.29. The minimum atomic E-state index is 0.608. The zero-order chi connectivity index (χ0) is 10.3. The lowest BCUT2D eigenvalue weighted by Gasteiger charge is -2.14. The summed E-state index contributed by atoms with van der Waals surface area (Å²) in [6.45, 7) is 2.26. The van der Waals surface area contributed by atoms with Gasteiger partial charge in [-0.05, 0) is 12.1 Å². The van der Waals surface area contributed by atoms with Crippen LogP contribution >= 0.6 is 0 Å². The fourth-order valence-electron chi connectivity index (χ4n) is 1.97. The van der Waals surface area contributed by atoms with E-state index in [1.165, 1.54) is 0 Å². The van der Waals surface area contributed by atoms with Crippen molar-refractivity contribution in [3.63, 3.8) is 0 Å². The maximum Gasteiger partial charge on any atom is 0.136 e. The summed E-state index contributed by atoms with van der Waals surface area (Å²) in [5, 5.41) is 0. The van der Waals surface area contributed by atoms with Gasteiger partial charge in [-0.1, -0.05) is 0 Å². The topological polar surface area (TPSA) is 36.3 Å². The molecular weight excluding hydrogens is 192 g/mol. The van der Waals surface area contributed by atoms with E-state index in [4.69, 9.17) is 9.47 Å². The summed E-state index contributed by atoms with van der Waals surface area (Å²) < 4.78 is 12.7. The lowest BCUT2D eigenvalue weighted by Crippen LogP contribution is -2.16. The summed E-state index contributed by atoms with van der Waals surface area (Å²) in [5.74, 6) is 1.85. The molecule has 1 aliphatic rings. The molecular formula is C11H12N2O2. The number of hydrogen-bond donors (Lipinski definition) is 0. The first kappa shape index (κ1) is 8.73. The monoisotopic (exact) mass is 204 g/mol. The summed E-state index contributed by atoms with van der Waals surface area (Å²) in [4.78, 5) is 4.52. The van der Waals surface area contributed by atoms with Gasteiger partial charge in [0.05, 0.1) is 24.8 Å². The van der Waals surface area contributed by atoms with E-state index in [9.17, 15) is 0 Å². The van der Waals surface area contributed by atoms with Gasteiger partial charge in [-0.2, -0.15) is 0 Å². The summed E-state index contributed by atoms with van der Waals surface area (Å²) in [5.41, 5.74) is 2.14. The Morgan fingerprint density at radius 2 is 2.40 bits per heavy atom. The molecule has 1 aromatic carbocycles. The molecule has 78 valence electrons. The van der Waals surface area contributed by atoms with Crippen molar-refractivity contribution < 1.29 is 9.47 Å². The van der Waals surface area contributed by atoms with Gasteiger partial charge in [0, 0.05) is 12.6 Å². The molecule has 0 saturated heterocycles. The predicted molar refractivity (Wildman–Crippen MR) is 55.9 cm³/mol. The molecule has 2 heterocycles. The maximum atomic E-state index is 5.37. The predicted octanol–water partition coefficient (Wildman–Crippen LogP) is 1.58. The Labute approximate surface area is 87.4 Å². The highest BCUT2D eigenvalue weighted by molar-refractivity contribution is 5.77. The number of aromatic nitrogens is 2. The van der Waals surface area contributed by atoms with Crippen LogP contribution in [-0.2, 0) is 17.9 Å². The summed E-state index contributed by atoms with van der Waals surface area (Å²) in [6, 6.07) is 5.98. The van der Waals surface area contributed by atoms with Gasteiger partial charge in [-0.3, -0.25) is 0 Å². The van der Waals surface area contributed by atoms with Crippen LogP contribution in [0.5, 0.6) is 5.75 Å². The molecule has 4 nitrogen and oxygen atoms in total. The second-order valence-corrected chi connectivity index (χ2v) is 3.59. The smallest absolute Gasteiger partial charge is 0.136 e. The molecule has 0 fully saturated rings. The summed E-state index contributed by atoms with van der Waals surface area (Å²) in [7, 11) is 1.67. The van der Waals surface area contributed by atoms with Crippen LogP contribution in [0.2, 0.25) is 0 Å². The number of rotatable bonds is 1. The number of imidazole rings is 1. The highest BCUT2D eigenvalue weighted by Gasteiger charge is 2.14. The first-order chi connectivity index (χ1) is 7.38. The minimum absolute atomic E-state index is 0.608. The van der Waals surface area contributed by atoms with Gasteiger partial charge >= 0.3 is 0 Å². The van der Waals surface area contributed by atoms with E-state index in [-0.39, 0.29) is 0 Å².